The summed E-state index contributed by atoms with van der Waals surface area (Å²) >= 11 is 1.55. The zero-order chi connectivity index (χ0) is 30.3. The van der Waals surface area contributed by atoms with E-state index < -0.39 is 0 Å². The van der Waals surface area contributed by atoms with Crippen molar-refractivity contribution in [3.05, 3.63) is 152 Å². The van der Waals surface area contributed by atoms with E-state index in [0.29, 0.717) is 22.3 Å². The highest BCUT2D eigenvalue weighted by Crippen LogP contribution is 2.50. The number of thiophene rings is 1. The van der Waals surface area contributed by atoms with Crippen LogP contribution in [0.25, 0.3) is 33.7 Å². The zero-order valence-electron chi connectivity index (χ0n) is 23.9. The predicted octanol–water partition coefficient (Wildman–Crippen LogP) is 8.65. The summed E-state index contributed by atoms with van der Waals surface area (Å²) in [6.07, 6.45) is 3.43. The molecule has 3 aliphatic carbocycles. The number of allylic oxidation sites excluding steroid dienone is 2. The van der Waals surface area contributed by atoms with Crippen molar-refractivity contribution in [3.8, 4) is 21.6 Å². The molecule has 5 heteroatoms. The molecular weight excluding hydrogens is 564 g/mol. The Kier molecular flexibility index (Phi) is 5.62. The van der Waals surface area contributed by atoms with E-state index in [9.17, 15) is 19.2 Å². The summed E-state index contributed by atoms with van der Waals surface area (Å²) in [6, 6.07) is 30.5. The van der Waals surface area contributed by atoms with Crippen LogP contribution in [0.2, 0.25) is 0 Å². The van der Waals surface area contributed by atoms with Crippen LogP contribution in [0.15, 0.2) is 108 Å². The molecule has 0 amide bonds. The van der Waals surface area contributed by atoms with Gasteiger partial charge in [-0.15, -0.1) is 11.3 Å². The molecule has 4 nitrogen and oxygen atoms in total. The number of carbonyl (C=O) groups is 4. The molecule has 1 aromatic heterocycles. The molecule has 5 aromatic rings. The van der Waals surface area contributed by atoms with Gasteiger partial charge in [-0.1, -0.05) is 92.7 Å². The number of benzene rings is 4. The molecule has 0 radical (unpaired) electrons. The van der Waals surface area contributed by atoms with Crippen molar-refractivity contribution in [1.29, 1.82) is 0 Å². The van der Waals surface area contributed by atoms with Crippen molar-refractivity contribution in [2.75, 3.05) is 0 Å². The van der Waals surface area contributed by atoms with Gasteiger partial charge < -0.3 is 0 Å². The van der Waals surface area contributed by atoms with Gasteiger partial charge in [0, 0.05) is 37.4 Å². The summed E-state index contributed by atoms with van der Waals surface area (Å²) in [5, 5.41) is 0. The standard InChI is InChI=1S/C39H24O4S/c1-39(2)32-18-21(17-30-35(40)26-7-3-4-8-27(26)36(30)41)11-14-24(32)25-15-12-22(19-33(25)39)34-16-13-23(44-34)20-31-37(42)28-9-5-6-10-29(28)38(31)43/h3-20H,1-2H3. The third-order valence-electron chi connectivity index (χ3n) is 9.02. The third-order valence-corrected chi connectivity index (χ3v) is 10.1. The first-order valence-electron chi connectivity index (χ1n) is 14.4. The summed E-state index contributed by atoms with van der Waals surface area (Å²) in [7, 11) is 0. The molecule has 0 saturated heterocycles. The Balaban J connectivity index is 1.11. The van der Waals surface area contributed by atoms with Crippen LogP contribution in [0.4, 0.5) is 0 Å². The SMILES string of the molecule is CC1(C)c2cc(C=C3C(=O)c4ccccc4C3=O)ccc2-c2ccc(-c3ccc(C=C4C(=O)c5ccccc5C4=O)s3)cc21. The van der Waals surface area contributed by atoms with E-state index in [1.54, 1.807) is 72.0 Å². The second-order valence-corrected chi connectivity index (χ2v) is 13.0. The first kappa shape index (κ1) is 26.4. The van der Waals surface area contributed by atoms with Gasteiger partial charge in [0.15, 0.2) is 23.1 Å². The number of fused-ring (bicyclic) bond motifs is 5. The number of ketones is 4. The van der Waals surface area contributed by atoms with Crippen LogP contribution in [0.3, 0.4) is 0 Å². The maximum atomic E-state index is 13.0. The molecule has 0 N–H and O–H groups in total. The van der Waals surface area contributed by atoms with E-state index in [-0.39, 0.29) is 39.7 Å². The second-order valence-electron chi connectivity index (χ2n) is 11.9. The molecular formula is C39H24O4S. The lowest BCUT2D eigenvalue weighted by molar-refractivity contribution is 0.0975. The van der Waals surface area contributed by atoms with Crippen molar-refractivity contribution in [3.63, 3.8) is 0 Å². The number of carbonyl (C=O) groups excluding carboxylic acids is 4. The largest absolute Gasteiger partial charge is 0.288 e. The van der Waals surface area contributed by atoms with Crippen molar-refractivity contribution >= 4 is 46.6 Å². The van der Waals surface area contributed by atoms with Gasteiger partial charge in [0.1, 0.15) is 0 Å². The summed E-state index contributed by atoms with van der Waals surface area (Å²) in [5.74, 6) is -0.900. The summed E-state index contributed by atoms with van der Waals surface area (Å²) in [5.41, 5.74) is 8.48. The maximum Gasteiger partial charge on any atom is 0.197 e. The molecule has 0 atom stereocenters. The van der Waals surface area contributed by atoms with Crippen molar-refractivity contribution < 1.29 is 19.2 Å². The Labute approximate surface area is 258 Å². The molecule has 210 valence electrons. The van der Waals surface area contributed by atoms with Crippen molar-refractivity contribution in [2.45, 2.75) is 19.3 Å². The fourth-order valence-electron chi connectivity index (χ4n) is 6.70. The Bertz CT molecular complexity index is 2150. The van der Waals surface area contributed by atoms with Gasteiger partial charge in [-0.05, 0) is 63.7 Å². The molecule has 44 heavy (non-hydrogen) atoms. The van der Waals surface area contributed by atoms with Gasteiger partial charge in [0.25, 0.3) is 0 Å². The first-order chi connectivity index (χ1) is 21.2. The monoisotopic (exact) mass is 588 g/mol. The highest BCUT2D eigenvalue weighted by molar-refractivity contribution is 7.16. The highest BCUT2D eigenvalue weighted by atomic mass is 32.1. The quantitative estimate of drug-likeness (QED) is 0.156. The van der Waals surface area contributed by atoms with Crippen LogP contribution in [0, 0.1) is 0 Å². The second kappa shape index (κ2) is 9.37. The van der Waals surface area contributed by atoms with E-state index >= 15 is 0 Å². The van der Waals surface area contributed by atoms with E-state index in [4.69, 9.17) is 0 Å². The molecule has 0 aliphatic heterocycles. The van der Waals surface area contributed by atoms with Gasteiger partial charge >= 0.3 is 0 Å². The maximum absolute atomic E-state index is 13.0. The van der Waals surface area contributed by atoms with Gasteiger partial charge in [-0.25, -0.2) is 0 Å². The molecule has 0 unspecified atom stereocenters. The number of hydrogen-bond acceptors (Lipinski definition) is 5. The normalized spacial score (nSPS) is 15.8. The first-order valence-corrected chi connectivity index (χ1v) is 15.2. The van der Waals surface area contributed by atoms with Crippen LogP contribution >= 0.6 is 11.3 Å². The Morgan fingerprint density at radius 2 is 1.02 bits per heavy atom. The average Bonchev–Trinajstić information content (AvgIpc) is 3.73. The van der Waals surface area contributed by atoms with Crippen LogP contribution in [0.1, 0.15) is 76.8 Å². The van der Waals surface area contributed by atoms with Crippen molar-refractivity contribution in [1.82, 2.24) is 0 Å². The lowest BCUT2D eigenvalue weighted by Crippen LogP contribution is -2.15. The molecule has 0 spiro atoms. The van der Waals surface area contributed by atoms with Gasteiger partial charge in [-0.2, -0.15) is 0 Å². The fourth-order valence-corrected chi connectivity index (χ4v) is 7.65. The Morgan fingerprint density at radius 3 is 1.59 bits per heavy atom. The molecule has 8 rings (SSSR count). The summed E-state index contributed by atoms with van der Waals surface area (Å²) in [4.78, 5) is 53.6. The minimum Gasteiger partial charge on any atom is -0.288 e. The minimum absolute atomic E-state index is 0.204. The van der Waals surface area contributed by atoms with E-state index in [1.165, 1.54) is 5.56 Å². The molecule has 0 saturated carbocycles. The summed E-state index contributed by atoms with van der Waals surface area (Å²) < 4.78 is 0. The zero-order valence-corrected chi connectivity index (χ0v) is 24.8. The number of hydrogen-bond donors (Lipinski definition) is 0. The van der Waals surface area contributed by atoms with Gasteiger partial charge in [-0.3, -0.25) is 19.2 Å². The van der Waals surface area contributed by atoms with Crippen LogP contribution in [-0.4, -0.2) is 23.1 Å². The Morgan fingerprint density at radius 1 is 0.523 bits per heavy atom. The van der Waals surface area contributed by atoms with Crippen LogP contribution in [0.5, 0.6) is 0 Å². The molecule has 4 aromatic carbocycles. The van der Waals surface area contributed by atoms with E-state index in [0.717, 1.165) is 37.6 Å². The van der Waals surface area contributed by atoms with Crippen molar-refractivity contribution in [2.24, 2.45) is 0 Å². The number of Topliss-reactive ketones (excluding diaryl/α,β-unsaturated/α-hetero) is 4. The van der Waals surface area contributed by atoms with Crippen LogP contribution < -0.4 is 0 Å². The lowest BCUT2D eigenvalue weighted by Gasteiger charge is -2.22. The van der Waals surface area contributed by atoms with Gasteiger partial charge in [0.2, 0.25) is 0 Å². The minimum atomic E-state index is -0.307. The van der Waals surface area contributed by atoms with E-state index in [2.05, 4.69) is 44.2 Å². The smallest absolute Gasteiger partial charge is 0.197 e. The fraction of sp³-hybridized carbons (Fsp3) is 0.0769. The van der Waals surface area contributed by atoms with Crippen LogP contribution in [-0.2, 0) is 5.41 Å². The predicted molar refractivity (Wildman–Crippen MR) is 173 cm³/mol. The molecule has 0 fully saturated rings. The van der Waals surface area contributed by atoms with E-state index in [1.807, 2.05) is 18.2 Å². The topological polar surface area (TPSA) is 68.3 Å². The summed E-state index contributed by atoms with van der Waals surface area (Å²) in [6.45, 7) is 4.39. The molecule has 0 bridgehead atoms. The third kappa shape index (κ3) is 3.76. The molecule has 1 heterocycles. The highest BCUT2D eigenvalue weighted by Gasteiger charge is 2.37. The average molecular weight is 589 g/mol. The Hall–Kier alpha value is -5.26. The lowest BCUT2D eigenvalue weighted by atomic mass is 9.81. The molecule has 3 aliphatic rings. The number of rotatable bonds is 3. The van der Waals surface area contributed by atoms with Gasteiger partial charge in [0.05, 0.1) is 11.1 Å².